The van der Waals surface area contributed by atoms with E-state index in [4.69, 9.17) is 5.73 Å². The van der Waals surface area contributed by atoms with Crippen LogP contribution in [-0.2, 0) is 0 Å². The molecular weight excluding hydrogens is 112 g/mol. The molecule has 9 heavy (non-hydrogen) atoms. The maximum absolute atomic E-state index is 5.18. The lowest BCUT2D eigenvalue weighted by atomic mass is 10.3. The number of nitrogens with zero attached hydrogens (tertiary/aromatic N) is 1. The molecule has 50 valence electrons. The highest BCUT2D eigenvalue weighted by atomic mass is 14.9. The van der Waals surface area contributed by atoms with Gasteiger partial charge in [-0.2, -0.15) is 0 Å². The third kappa shape index (κ3) is 4.81. The van der Waals surface area contributed by atoms with Gasteiger partial charge in [0.1, 0.15) is 5.82 Å². The number of allylic oxidation sites excluding steroid dienone is 2. The molecule has 0 aromatic carbocycles. The monoisotopic (exact) mass is 124 g/mol. The van der Waals surface area contributed by atoms with Crippen LogP contribution in [0.25, 0.3) is 0 Å². The highest BCUT2D eigenvalue weighted by molar-refractivity contribution is 5.78. The Morgan fingerprint density at radius 1 is 1.67 bits per heavy atom. The average Bonchev–Trinajstić information content (AvgIpc) is 1.83. The summed E-state index contributed by atoms with van der Waals surface area (Å²) in [6, 6.07) is 0. The lowest BCUT2D eigenvalue weighted by Crippen LogP contribution is -1.90. The molecule has 2 nitrogen and oxygen atoms in total. The van der Waals surface area contributed by atoms with Gasteiger partial charge in [-0.1, -0.05) is 12.7 Å². The van der Waals surface area contributed by atoms with E-state index >= 15 is 0 Å². The zero-order valence-corrected chi connectivity index (χ0v) is 5.89. The Balaban J connectivity index is 3.86. The molecular formula is C7H12N2. The molecule has 0 aliphatic heterocycles. The number of rotatable bonds is 2. The zero-order chi connectivity index (χ0) is 7.28. The summed E-state index contributed by atoms with van der Waals surface area (Å²) in [5, 5.41) is 0. The first-order valence-corrected chi connectivity index (χ1v) is 2.78. The second-order valence-electron chi connectivity index (χ2n) is 1.78. The maximum atomic E-state index is 5.18. The summed E-state index contributed by atoms with van der Waals surface area (Å²) >= 11 is 0. The minimum Gasteiger partial charge on any atom is -0.384 e. The quantitative estimate of drug-likeness (QED) is 0.556. The maximum Gasteiger partial charge on any atom is 0.115 e. The lowest BCUT2D eigenvalue weighted by Gasteiger charge is -1.87. The molecule has 0 aromatic heterocycles. The molecule has 0 rings (SSSR count). The Labute approximate surface area is 55.8 Å². The van der Waals surface area contributed by atoms with Gasteiger partial charge in [0.05, 0.1) is 0 Å². The van der Waals surface area contributed by atoms with Gasteiger partial charge in [-0.05, 0) is 19.4 Å². The van der Waals surface area contributed by atoms with Crippen molar-refractivity contribution in [3.8, 4) is 0 Å². The first kappa shape index (κ1) is 7.95. The van der Waals surface area contributed by atoms with E-state index in [1.54, 1.807) is 6.21 Å². The molecule has 2 heteroatoms. The van der Waals surface area contributed by atoms with Gasteiger partial charge in [0, 0.05) is 6.21 Å². The summed E-state index contributed by atoms with van der Waals surface area (Å²) in [7, 11) is 0. The van der Waals surface area contributed by atoms with Crippen molar-refractivity contribution in [2.45, 2.75) is 13.8 Å². The molecule has 0 unspecified atom stereocenters. The van der Waals surface area contributed by atoms with E-state index in [0.717, 1.165) is 5.57 Å². The molecule has 0 saturated heterocycles. The van der Waals surface area contributed by atoms with Crippen LogP contribution in [0.1, 0.15) is 13.8 Å². The molecule has 0 spiro atoms. The first-order valence-electron chi connectivity index (χ1n) is 2.78. The van der Waals surface area contributed by atoms with Gasteiger partial charge in [0.2, 0.25) is 0 Å². The lowest BCUT2D eigenvalue weighted by molar-refractivity contribution is 1.27. The molecule has 0 aromatic rings. The Morgan fingerprint density at radius 3 is 2.56 bits per heavy atom. The molecule has 2 N–H and O–H groups in total. The molecule has 0 bridgehead atoms. The molecule has 0 radical (unpaired) electrons. The van der Waals surface area contributed by atoms with Crippen LogP contribution in [0.3, 0.4) is 0 Å². The SMILES string of the molecule is C=C(N)N=C/C(C)=C\C. The summed E-state index contributed by atoms with van der Waals surface area (Å²) in [6.07, 6.45) is 3.63. The number of hydrogen-bond acceptors (Lipinski definition) is 2. The topological polar surface area (TPSA) is 38.4 Å². The van der Waals surface area contributed by atoms with E-state index in [-0.39, 0.29) is 0 Å². The second-order valence-corrected chi connectivity index (χ2v) is 1.78. The molecule has 0 fully saturated rings. The molecule has 0 atom stereocenters. The van der Waals surface area contributed by atoms with Crippen LogP contribution in [0.5, 0.6) is 0 Å². The minimum atomic E-state index is 0.344. The fraction of sp³-hybridized carbons (Fsp3) is 0.286. The van der Waals surface area contributed by atoms with Crippen LogP contribution in [-0.4, -0.2) is 6.21 Å². The third-order valence-electron chi connectivity index (χ3n) is 0.889. The third-order valence-corrected chi connectivity index (χ3v) is 0.889. The largest absolute Gasteiger partial charge is 0.384 e. The van der Waals surface area contributed by atoms with Crippen LogP contribution in [0.4, 0.5) is 0 Å². The fourth-order valence-electron chi connectivity index (χ4n) is 0.259. The highest BCUT2D eigenvalue weighted by Crippen LogP contribution is 1.87. The Bertz CT molecular complexity index is 154. The Hall–Kier alpha value is -1.05. The summed E-state index contributed by atoms with van der Waals surface area (Å²) < 4.78 is 0. The fourth-order valence-corrected chi connectivity index (χ4v) is 0.259. The molecule has 0 heterocycles. The Kier molecular flexibility index (Phi) is 3.44. The van der Waals surface area contributed by atoms with E-state index in [9.17, 15) is 0 Å². The van der Waals surface area contributed by atoms with Crippen LogP contribution in [0.15, 0.2) is 29.0 Å². The van der Waals surface area contributed by atoms with Crippen molar-refractivity contribution in [1.82, 2.24) is 0 Å². The first-order chi connectivity index (χ1) is 4.16. The van der Waals surface area contributed by atoms with Crippen molar-refractivity contribution in [3.05, 3.63) is 24.0 Å². The zero-order valence-electron chi connectivity index (χ0n) is 5.89. The van der Waals surface area contributed by atoms with Gasteiger partial charge in [0.15, 0.2) is 0 Å². The molecule has 0 saturated carbocycles. The normalized spacial score (nSPS) is 12.4. The van der Waals surface area contributed by atoms with E-state index in [0.29, 0.717) is 5.82 Å². The van der Waals surface area contributed by atoms with Crippen molar-refractivity contribution >= 4 is 6.21 Å². The number of nitrogens with two attached hydrogens (primary N) is 1. The van der Waals surface area contributed by atoms with Crippen molar-refractivity contribution < 1.29 is 0 Å². The molecule has 0 aliphatic rings. The van der Waals surface area contributed by atoms with Crippen molar-refractivity contribution in [1.29, 1.82) is 0 Å². The highest BCUT2D eigenvalue weighted by Gasteiger charge is 1.77. The number of aliphatic imine (C=N–C) groups is 1. The van der Waals surface area contributed by atoms with Crippen LogP contribution >= 0.6 is 0 Å². The predicted molar refractivity (Wildman–Crippen MR) is 41.3 cm³/mol. The van der Waals surface area contributed by atoms with Crippen molar-refractivity contribution in [3.63, 3.8) is 0 Å². The van der Waals surface area contributed by atoms with Crippen LogP contribution in [0, 0.1) is 0 Å². The van der Waals surface area contributed by atoms with Crippen LogP contribution < -0.4 is 5.73 Å². The van der Waals surface area contributed by atoms with Gasteiger partial charge in [-0.25, -0.2) is 4.99 Å². The van der Waals surface area contributed by atoms with Crippen LogP contribution in [0.2, 0.25) is 0 Å². The van der Waals surface area contributed by atoms with Gasteiger partial charge >= 0.3 is 0 Å². The van der Waals surface area contributed by atoms with Gasteiger partial charge in [-0.3, -0.25) is 0 Å². The molecule has 0 amide bonds. The molecule has 0 aliphatic carbocycles. The predicted octanol–water partition coefficient (Wildman–Crippen LogP) is 1.45. The Morgan fingerprint density at radius 2 is 2.22 bits per heavy atom. The minimum absolute atomic E-state index is 0.344. The van der Waals surface area contributed by atoms with E-state index < -0.39 is 0 Å². The van der Waals surface area contributed by atoms with Gasteiger partial charge < -0.3 is 5.73 Å². The summed E-state index contributed by atoms with van der Waals surface area (Å²) in [5.74, 6) is 0.344. The van der Waals surface area contributed by atoms with Gasteiger partial charge in [0.25, 0.3) is 0 Å². The average molecular weight is 124 g/mol. The standard InChI is InChI=1S/C7H12N2/c1-4-6(2)5-9-7(3)8/h4-5H,3,8H2,1-2H3/b6-4-,9-5?. The number of hydrogen-bond donors (Lipinski definition) is 1. The summed E-state index contributed by atoms with van der Waals surface area (Å²) in [6.45, 7) is 7.31. The summed E-state index contributed by atoms with van der Waals surface area (Å²) in [5.41, 5.74) is 6.26. The summed E-state index contributed by atoms with van der Waals surface area (Å²) in [4.78, 5) is 3.79. The van der Waals surface area contributed by atoms with Crippen molar-refractivity contribution in [2.75, 3.05) is 0 Å². The van der Waals surface area contributed by atoms with E-state index in [2.05, 4.69) is 11.6 Å². The van der Waals surface area contributed by atoms with E-state index in [1.807, 2.05) is 19.9 Å². The van der Waals surface area contributed by atoms with Crippen molar-refractivity contribution in [2.24, 2.45) is 10.7 Å². The van der Waals surface area contributed by atoms with E-state index in [1.165, 1.54) is 0 Å². The smallest absolute Gasteiger partial charge is 0.115 e. The second kappa shape index (κ2) is 3.89. The van der Waals surface area contributed by atoms with Gasteiger partial charge in [-0.15, -0.1) is 0 Å².